The van der Waals surface area contributed by atoms with E-state index in [1.54, 1.807) is 13.0 Å². The Balaban J connectivity index is 1.89. The molecule has 0 unspecified atom stereocenters. The molecule has 7 nitrogen and oxygen atoms in total. The Bertz CT molecular complexity index is 870. The highest BCUT2D eigenvalue weighted by atomic mass is 16.3. The number of hydrogen-bond acceptors (Lipinski definition) is 5. The fourth-order valence-corrected chi connectivity index (χ4v) is 3.25. The van der Waals surface area contributed by atoms with E-state index in [1.807, 2.05) is 49.4 Å². The lowest BCUT2D eigenvalue weighted by atomic mass is 9.92. The van der Waals surface area contributed by atoms with E-state index in [-0.39, 0.29) is 12.5 Å². The smallest absolute Gasteiger partial charge is 0.255 e. The number of fused-ring (bicyclic) bond motifs is 3. The average molecular weight is 383 g/mol. The molecule has 148 valence electrons. The van der Waals surface area contributed by atoms with Gasteiger partial charge in [0.2, 0.25) is 0 Å². The number of para-hydroxylation sites is 1. The van der Waals surface area contributed by atoms with E-state index < -0.39 is 30.6 Å². The van der Waals surface area contributed by atoms with Crippen LogP contribution < -0.4 is 15.8 Å². The molecule has 0 spiro atoms. The maximum Gasteiger partial charge on any atom is 0.255 e. The van der Waals surface area contributed by atoms with Crippen LogP contribution in [0.15, 0.2) is 48.5 Å². The Hall–Kier alpha value is -2.74. The van der Waals surface area contributed by atoms with Crippen molar-refractivity contribution in [1.82, 2.24) is 10.7 Å². The maximum absolute atomic E-state index is 13.2. The number of nitrogens with zero attached hydrogens (tertiary/aromatic N) is 1. The van der Waals surface area contributed by atoms with Gasteiger partial charge in [0.05, 0.1) is 30.4 Å². The molecule has 7 heteroatoms. The van der Waals surface area contributed by atoms with Crippen molar-refractivity contribution >= 4 is 17.5 Å². The minimum Gasteiger partial charge on any atom is -0.394 e. The normalized spacial score (nSPS) is 17.9. The number of aliphatic hydroxyl groups excluding tert-OH is 2. The van der Waals surface area contributed by atoms with Gasteiger partial charge < -0.3 is 15.5 Å². The number of rotatable bonds is 6. The molecule has 0 saturated carbocycles. The van der Waals surface area contributed by atoms with Crippen molar-refractivity contribution in [3.05, 3.63) is 54.1 Å². The van der Waals surface area contributed by atoms with Gasteiger partial charge in [-0.05, 0) is 31.0 Å². The first-order chi connectivity index (χ1) is 13.4. The lowest BCUT2D eigenvalue weighted by molar-refractivity contribution is -0.127. The standard InChI is InChI=1S/C21H25N3O4/c1-13-16-7-3-4-8-17(16)18-9-5-6-10-19(18)24(21(13)28)23-20(27)14(2)22-11-15(26)12-25/h3-10,13-15,22,25-26H,11-12H2,1-2H3,(H,23,27)/t13-,14-,15+/m0/s1. The number of benzene rings is 2. The second-order valence-electron chi connectivity index (χ2n) is 6.94. The molecule has 1 aliphatic heterocycles. The molecule has 1 aliphatic rings. The fraction of sp³-hybridized carbons (Fsp3) is 0.333. The number of amides is 2. The third kappa shape index (κ3) is 3.91. The van der Waals surface area contributed by atoms with Crippen molar-refractivity contribution in [1.29, 1.82) is 0 Å². The molecule has 28 heavy (non-hydrogen) atoms. The monoisotopic (exact) mass is 383 g/mol. The number of carbonyl (C=O) groups excluding carboxylic acids is 2. The van der Waals surface area contributed by atoms with Crippen molar-refractivity contribution in [2.24, 2.45) is 0 Å². The van der Waals surface area contributed by atoms with E-state index in [0.29, 0.717) is 5.69 Å². The van der Waals surface area contributed by atoms with E-state index in [4.69, 9.17) is 5.11 Å². The predicted molar refractivity (Wildman–Crippen MR) is 106 cm³/mol. The summed E-state index contributed by atoms with van der Waals surface area (Å²) in [6.45, 7) is 3.13. The van der Waals surface area contributed by atoms with Crippen molar-refractivity contribution in [2.75, 3.05) is 18.2 Å². The Morgan fingerprint density at radius 3 is 2.50 bits per heavy atom. The second kappa shape index (κ2) is 8.52. The summed E-state index contributed by atoms with van der Waals surface area (Å²) in [5.41, 5.74) is 6.07. The van der Waals surface area contributed by atoms with Gasteiger partial charge in [0.15, 0.2) is 0 Å². The molecule has 0 radical (unpaired) electrons. The van der Waals surface area contributed by atoms with E-state index in [0.717, 1.165) is 16.7 Å². The quantitative estimate of drug-likeness (QED) is 0.600. The first-order valence-corrected chi connectivity index (χ1v) is 9.29. The van der Waals surface area contributed by atoms with Crippen LogP contribution in [-0.2, 0) is 9.59 Å². The van der Waals surface area contributed by atoms with Crippen LogP contribution in [0, 0.1) is 0 Å². The topological polar surface area (TPSA) is 102 Å². The van der Waals surface area contributed by atoms with Crippen molar-refractivity contribution in [3.8, 4) is 11.1 Å². The summed E-state index contributed by atoms with van der Waals surface area (Å²) in [6.07, 6.45) is -0.953. The fourth-order valence-electron chi connectivity index (χ4n) is 3.25. The summed E-state index contributed by atoms with van der Waals surface area (Å²) in [6, 6.07) is 14.5. The number of anilines is 1. The molecule has 4 N–H and O–H groups in total. The van der Waals surface area contributed by atoms with Crippen LogP contribution in [0.5, 0.6) is 0 Å². The van der Waals surface area contributed by atoms with Crippen molar-refractivity contribution in [2.45, 2.75) is 31.9 Å². The zero-order chi connectivity index (χ0) is 20.3. The molecule has 2 aromatic rings. The number of carbonyl (C=O) groups is 2. The van der Waals surface area contributed by atoms with E-state index in [9.17, 15) is 14.7 Å². The molecule has 2 aromatic carbocycles. The van der Waals surface area contributed by atoms with Crippen LogP contribution >= 0.6 is 0 Å². The highest BCUT2D eigenvalue weighted by molar-refractivity contribution is 6.06. The summed E-state index contributed by atoms with van der Waals surface area (Å²) in [4.78, 5) is 25.8. The molecule has 0 bridgehead atoms. The third-order valence-corrected chi connectivity index (χ3v) is 4.94. The van der Waals surface area contributed by atoms with Gasteiger partial charge in [-0.1, -0.05) is 42.5 Å². The lowest BCUT2D eigenvalue weighted by Gasteiger charge is -2.27. The van der Waals surface area contributed by atoms with Gasteiger partial charge in [0.1, 0.15) is 0 Å². The minimum atomic E-state index is -0.953. The molecule has 0 aliphatic carbocycles. The first-order valence-electron chi connectivity index (χ1n) is 9.29. The van der Waals surface area contributed by atoms with Crippen LogP contribution in [0.2, 0.25) is 0 Å². The van der Waals surface area contributed by atoms with Gasteiger partial charge in [-0.3, -0.25) is 15.0 Å². The minimum absolute atomic E-state index is 0.0669. The summed E-state index contributed by atoms with van der Waals surface area (Å²) >= 11 is 0. The van der Waals surface area contributed by atoms with Crippen LogP contribution in [0.3, 0.4) is 0 Å². The largest absolute Gasteiger partial charge is 0.394 e. The van der Waals surface area contributed by atoms with Crippen LogP contribution in [0.1, 0.15) is 25.3 Å². The third-order valence-electron chi connectivity index (χ3n) is 4.94. The van der Waals surface area contributed by atoms with Crippen LogP contribution in [0.4, 0.5) is 5.69 Å². The van der Waals surface area contributed by atoms with Gasteiger partial charge in [-0.2, -0.15) is 0 Å². The summed E-state index contributed by atoms with van der Waals surface area (Å²) in [7, 11) is 0. The van der Waals surface area contributed by atoms with Crippen molar-refractivity contribution in [3.63, 3.8) is 0 Å². The highest BCUT2D eigenvalue weighted by Gasteiger charge is 2.32. The lowest BCUT2D eigenvalue weighted by Crippen LogP contribution is -2.54. The van der Waals surface area contributed by atoms with E-state index in [2.05, 4.69) is 10.7 Å². The van der Waals surface area contributed by atoms with Crippen LogP contribution in [0.25, 0.3) is 11.1 Å². The predicted octanol–water partition coefficient (Wildman–Crippen LogP) is 1.17. The number of nitrogens with one attached hydrogen (secondary N) is 2. The summed E-state index contributed by atoms with van der Waals surface area (Å²) in [5.74, 6) is -1.07. The Morgan fingerprint density at radius 1 is 1.14 bits per heavy atom. The SMILES string of the molecule is C[C@H](NC[C@@H](O)CO)C(=O)NN1C(=O)[C@@H](C)c2ccccc2-c2ccccc21. The van der Waals surface area contributed by atoms with Gasteiger partial charge in [0.25, 0.3) is 11.8 Å². The molecule has 3 atom stereocenters. The van der Waals surface area contributed by atoms with Gasteiger partial charge >= 0.3 is 0 Å². The highest BCUT2D eigenvalue weighted by Crippen LogP contribution is 2.39. The van der Waals surface area contributed by atoms with Crippen LogP contribution in [-0.4, -0.2) is 47.3 Å². The molecule has 3 rings (SSSR count). The second-order valence-corrected chi connectivity index (χ2v) is 6.94. The van der Waals surface area contributed by atoms with Crippen molar-refractivity contribution < 1.29 is 19.8 Å². The summed E-state index contributed by atoms with van der Waals surface area (Å²) in [5, 5.41) is 22.5. The molecule has 0 fully saturated rings. The number of aliphatic hydroxyl groups is 2. The molecular formula is C21H25N3O4. The molecule has 0 saturated heterocycles. The average Bonchev–Trinajstić information content (AvgIpc) is 2.81. The zero-order valence-electron chi connectivity index (χ0n) is 15.9. The Labute approximate surface area is 164 Å². The number of hydrogen-bond donors (Lipinski definition) is 4. The number of hydrazine groups is 1. The summed E-state index contributed by atoms with van der Waals surface area (Å²) < 4.78 is 0. The van der Waals surface area contributed by atoms with Gasteiger partial charge in [-0.25, -0.2) is 5.01 Å². The van der Waals surface area contributed by atoms with Gasteiger partial charge in [-0.15, -0.1) is 0 Å². The Morgan fingerprint density at radius 2 is 1.79 bits per heavy atom. The molecule has 2 amide bonds. The molecule has 0 aromatic heterocycles. The zero-order valence-corrected chi connectivity index (χ0v) is 15.9. The first kappa shape index (κ1) is 20.0. The Kier molecular flexibility index (Phi) is 6.08. The molecular weight excluding hydrogens is 358 g/mol. The van der Waals surface area contributed by atoms with Gasteiger partial charge in [0, 0.05) is 12.1 Å². The maximum atomic E-state index is 13.2. The molecule has 1 heterocycles. The van der Waals surface area contributed by atoms with E-state index >= 15 is 0 Å². The van der Waals surface area contributed by atoms with E-state index in [1.165, 1.54) is 5.01 Å².